The molecule has 0 radical (unpaired) electrons. The van der Waals surface area contributed by atoms with Gasteiger partial charge in [0.05, 0.1) is 36.3 Å². The highest BCUT2D eigenvalue weighted by atomic mass is 16.7. The molecule has 1 fully saturated rings. The maximum atomic E-state index is 15.3. The first kappa shape index (κ1) is 53.0. The highest BCUT2D eigenvalue weighted by Crippen LogP contribution is 2.62. The van der Waals surface area contributed by atoms with Crippen LogP contribution >= 0.6 is 0 Å². The molecule has 13 nitrogen and oxygen atoms in total. The Morgan fingerprint density at radius 1 is 0.887 bits per heavy atom. The minimum atomic E-state index is -1.53. The zero-order valence-electron chi connectivity index (χ0n) is 41.6. The lowest BCUT2D eigenvalue weighted by Gasteiger charge is -2.59. The number of phenols is 1. The number of allylic oxidation sites excluding steroid dienone is 1. The van der Waals surface area contributed by atoms with E-state index in [0.29, 0.717) is 29.9 Å². The molecule has 3 N–H and O–H groups in total. The second kappa shape index (κ2) is 26.6. The lowest BCUT2D eigenvalue weighted by molar-refractivity contribution is -0.384. The number of nitrogens with zero attached hydrogens (tertiary/aromatic N) is 3. The number of nitro benzene ring substituents is 1. The average molecular weight is 974 g/mol. The van der Waals surface area contributed by atoms with Crippen LogP contribution in [0.1, 0.15) is 139 Å². The average Bonchev–Trinajstić information content (AvgIpc) is 3.38. The van der Waals surface area contributed by atoms with Crippen LogP contribution in [0.3, 0.4) is 0 Å². The summed E-state index contributed by atoms with van der Waals surface area (Å²) < 4.78 is 20.9. The van der Waals surface area contributed by atoms with E-state index in [1.807, 2.05) is 24.3 Å². The molecule has 7 rings (SSSR count). The second-order valence-corrected chi connectivity index (χ2v) is 19.6. The van der Waals surface area contributed by atoms with Crippen molar-refractivity contribution in [2.24, 2.45) is 22.9 Å². The van der Waals surface area contributed by atoms with Gasteiger partial charge < -0.3 is 34.4 Å². The molecule has 3 aliphatic rings. The summed E-state index contributed by atoms with van der Waals surface area (Å²) in [6, 6.07) is 24.7. The van der Waals surface area contributed by atoms with Gasteiger partial charge in [-0.25, -0.2) is 4.79 Å². The van der Waals surface area contributed by atoms with Crippen molar-refractivity contribution in [1.29, 1.82) is 0 Å². The number of unbranched alkanes of at least 4 members (excludes halogenated alkanes) is 11. The molecule has 0 saturated heterocycles. The first-order chi connectivity index (χ1) is 34.7. The summed E-state index contributed by atoms with van der Waals surface area (Å²) in [6.45, 7) is 6.95. The summed E-state index contributed by atoms with van der Waals surface area (Å²) in [5.41, 5.74) is 3.85. The van der Waals surface area contributed by atoms with Crippen molar-refractivity contribution in [3.63, 3.8) is 0 Å². The lowest BCUT2D eigenvalue weighted by atomic mass is 9.55. The number of benzene rings is 4. The van der Waals surface area contributed by atoms with E-state index in [0.717, 1.165) is 78.8 Å². The van der Waals surface area contributed by atoms with E-state index in [1.165, 1.54) is 50.7 Å². The number of carbonyl (C=O) groups excluding carboxylic acids is 1. The molecule has 4 aromatic carbocycles. The van der Waals surface area contributed by atoms with Crippen molar-refractivity contribution in [3.8, 4) is 11.5 Å². The van der Waals surface area contributed by atoms with Crippen LogP contribution in [0.15, 0.2) is 114 Å². The van der Waals surface area contributed by atoms with Crippen molar-refractivity contribution >= 4 is 28.3 Å². The van der Waals surface area contributed by atoms with Crippen LogP contribution in [0, 0.1) is 27.9 Å². The monoisotopic (exact) mass is 974 g/mol. The molecule has 1 amide bonds. The van der Waals surface area contributed by atoms with Gasteiger partial charge in [-0.3, -0.25) is 15.0 Å². The Morgan fingerprint density at radius 2 is 1.59 bits per heavy atom. The molecule has 1 aliphatic heterocycles. The number of non-ortho nitro benzene ring substituents is 1. The number of carbonyl (C=O) groups is 1. The molecule has 6 atom stereocenters. The van der Waals surface area contributed by atoms with Gasteiger partial charge in [-0.15, -0.1) is 6.58 Å². The quantitative estimate of drug-likeness (QED) is 0.0206. The Hall–Kier alpha value is -5.76. The molecule has 0 aromatic heterocycles. The normalized spacial score (nSPS) is 21.7. The summed E-state index contributed by atoms with van der Waals surface area (Å²) in [5.74, 6) is -1.84. The number of aromatic hydroxyl groups is 1. The number of hydrogen-bond donors (Lipinski definition) is 3. The Kier molecular flexibility index (Phi) is 19.9. The van der Waals surface area contributed by atoms with Crippen LogP contribution in [0.25, 0.3) is 10.8 Å². The molecule has 71 heavy (non-hydrogen) atoms. The van der Waals surface area contributed by atoms with E-state index in [2.05, 4.69) is 37.8 Å². The molecule has 0 bridgehead atoms. The van der Waals surface area contributed by atoms with Crippen molar-refractivity contribution in [3.05, 3.63) is 136 Å². The molecule has 1 saturated carbocycles. The molecule has 2 aliphatic carbocycles. The Labute approximate surface area is 419 Å². The number of oxime groups is 1. The number of aliphatic hydroxyl groups is 2. The summed E-state index contributed by atoms with van der Waals surface area (Å²) in [4.78, 5) is 34.3. The van der Waals surface area contributed by atoms with Crippen molar-refractivity contribution in [2.45, 2.75) is 147 Å². The SMILES string of the molecule is C=CCO[C@@]12Oc3ccc(O)cc3[C@H]3[C@H](CCCCO)[C@@H](CCCCO)C=C(C(=NOCc4ccc([N+](=O)[O-])cc4)C[C@@H]1N(Cc1cccc4ccccc14)C(=O)OCCCCCCCCCCCC)[C@H]32. The third-order valence-electron chi connectivity index (χ3n) is 14.8. The van der Waals surface area contributed by atoms with Gasteiger partial charge in [-0.1, -0.05) is 137 Å². The molecule has 382 valence electrons. The standard InChI is InChI=1S/C58H75N3O10/c1-3-5-6-7-8-9-10-11-12-19-36-68-57(65)60(40-45-24-20-23-43-21-13-14-25-48(43)45)54-39-52(59-70-41-42-27-29-46(30-28-42)61(66)67)50-37-44(22-15-17-33-62)49(26-16-18-34-63)55-51-38-47(64)31-32-53(51)71-58(54,56(50)55)69-35-4-2/h4,13-14,20-21,23-25,27-32,37-38,44,49,54-56,62-64H,2-3,5-12,15-19,22,26,33-36,39-41H2,1H3/t44-,49+,54-,55+,56+,58+/m0/s1. The predicted octanol–water partition coefficient (Wildman–Crippen LogP) is 12.8. The number of rotatable bonds is 29. The van der Waals surface area contributed by atoms with Crippen LogP contribution in [-0.4, -0.2) is 75.2 Å². The number of phenolic OH excluding ortho intramolecular Hbond substituents is 1. The number of nitro groups is 1. The van der Waals surface area contributed by atoms with Gasteiger partial charge in [0, 0.05) is 43.2 Å². The third-order valence-corrected chi connectivity index (χ3v) is 14.8. The van der Waals surface area contributed by atoms with Gasteiger partial charge >= 0.3 is 6.09 Å². The van der Waals surface area contributed by atoms with E-state index in [-0.39, 0.29) is 75.2 Å². The fourth-order valence-corrected chi connectivity index (χ4v) is 11.3. The van der Waals surface area contributed by atoms with Crippen molar-refractivity contribution in [1.82, 2.24) is 4.90 Å². The highest BCUT2D eigenvalue weighted by molar-refractivity contribution is 6.03. The fourth-order valence-electron chi connectivity index (χ4n) is 11.3. The van der Waals surface area contributed by atoms with Crippen LogP contribution < -0.4 is 4.74 Å². The van der Waals surface area contributed by atoms with E-state index >= 15 is 4.79 Å². The van der Waals surface area contributed by atoms with Crippen LogP contribution in [0.5, 0.6) is 11.5 Å². The third kappa shape index (κ3) is 13.2. The number of amides is 1. The molecule has 4 aromatic rings. The Balaban J connectivity index is 1.34. The minimum absolute atomic E-state index is 0.00359. The van der Waals surface area contributed by atoms with Gasteiger partial charge in [0.15, 0.2) is 0 Å². The Bertz CT molecular complexity index is 2420. The fraction of sp³-hybridized carbons (Fsp3) is 0.517. The first-order valence-electron chi connectivity index (χ1n) is 26.3. The molecule has 0 spiro atoms. The maximum absolute atomic E-state index is 15.3. The van der Waals surface area contributed by atoms with Crippen LogP contribution in [0.2, 0.25) is 0 Å². The molecular formula is C58H75N3O10. The van der Waals surface area contributed by atoms with Crippen LogP contribution in [-0.2, 0) is 27.5 Å². The first-order valence-corrected chi connectivity index (χ1v) is 26.3. The predicted molar refractivity (Wildman–Crippen MR) is 277 cm³/mol. The summed E-state index contributed by atoms with van der Waals surface area (Å²) in [6.07, 6.45) is 19.4. The molecule has 1 heterocycles. The van der Waals surface area contributed by atoms with Crippen molar-refractivity contribution < 1.29 is 44.1 Å². The number of hydrogen-bond acceptors (Lipinski definition) is 11. The molecule has 0 unspecified atom stereocenters. The molecule has 13 heteroatoms. The van der Waals surface area contributed by atoms with Crippen LogP contribution in [0.4, 0.5) is 10.5 Å². The zero-order valence-corrected chi connectivity index (χ0v) is 41.6. The van der Waals surface area contributed by atoms with Gasteiger partial charge in [0.25, 0.3) is 5.69 Å². The van der Waals surface area contributed by atoms with E-state index in [4.69, 9.17) is 24.2 Å². The summed E-state index contributed by atoms with van der Waals surface area (Å²) >= 11 is 0. The number of aliphatic hydroxyl groups excluding tert-OH is 2. The van der Waals surface area contributed by atoms with E-state index in [9.17, 15) is 25.4 Å². The second-order valence-electron chi connectivity index (χ2n) is 19.6. The van der Waals surface area contributed by atoms with Gasteiger partial charge in [0.1, 0.15) is 24.1 Å². The maximum Gasteiger partial charge on any atom is 0.410 e. The van der Waals surface area contributed by atoms with E-state index in [1.54, 1.807) is 41.3 Å². The van der Waals surface area contributed by atoms with Gasteiger partial charge in [-0.05, 0) is 102 Å². The molecular weight excluding hydrogens is 899 g/mol. The Morgan fingerprint density at radius 3 is 2.31 bits per heavy atom. The minimum Gasteiger partial charge on any atom is -0.508 e. The highest BCUT2D eigenvalue weighted by Gasteiger charge is 2.65. The smallest absolute Gasteiger partial charge is 0.410 e. The zero-order chi connectivity index (χ0) is 50.0. The van der Waals surface area contributed by atoms with Gasteiger partial charge in [0.2, 0.25) is 5.79 Å². The topological polar surface area (TPSA) is 173 Å². The summed E-state index contributed by atoms with van der Waals surface area (Å²) in [5, 5.41) is 49.6. The number of ether oxygens (including phenoxy) is 3. The van der Waals surface area contributed by atoms with Gasteiger partial charge in [-0.2, -0.15) is 0 Å². The van der Waals surface area contributed by atoms with E-state index < -0.39 is 28.8 Å². The summed E-state index contributed by atoms with van der Waals surface area (Å²) in [7, 11) is 0. The largest absolute Gasteiger partial charge is 0.508 e. The van der Waals surface area contributed by atoms with Crippen molar-refractivity contribution in [2.75, 3.05) is 26.4 Å². The lowest BCUT2D eigenvalue weighted by Crippen LogP contribution is -2.70. The number of fused-ring (bicyclic) bond motifs is 3.